The van der Waals surface area contributed by atoms with Crippen LogP contribution in [0, 0.1) is 18.3 Å². The Balaban J connectivity index is 3.55. The fourth-order valence-electron chi connectivity index (χ4n) is 5.81. The average molecular weight is 845 g/mol. The minimum atomic E-state index is -1.79. The van der Waals surface area contributed by atoms with Gasteiger partial charge in [-0.05, 0) is 55.6 Å². The summed E-state index contributed by atoms with van der Waals surface area (Å²) in [5.41, 5.74) is 0.341. The summed E-state index contributed by atoms with van der Waals surface area (Å²) in [6, 6.07) is -1.29. The van der Waals surface area contributed by atoms with Crippen LogP contribution in [0.3, 0.4) is 0 Å². The SMILES string of the molecule is C/C=C\CC(C=O)NC(=O)[C@H](CC(C)C)NC(=O)[C@@H](NC(=O)[C@H](Cc1ccccc1C)NC(=O)[C@H](CCC(=O)O)NC(=O)[C@H](CC(=O)O)NC(=O)CCC(=O)O)C(C)(C)C. The maximum absolute atomic E-state index is 14.2. The van der Waals surface area contributed by atoms with E-state index < -0.39 is 127 Å². The summed E-state index contributed by atoms with van der Waals surface area (Å²) in [5, 5.41) is 42.6. The first-order chi connectivity index (χ1) is 28.0. The second-order valence-electron chi connectivity index (χ2n) is 15.9. The van der Waals surface area contributed by atoms with Crippen LogP contribution in [-0.4, -0.2) is 111 Å². The molecule has 1 aromatic carbocycles. The zero-order chi connectivity index (χ0) is 45.7. The van der Waals surface area contributed by atoms with Gasteiger partial charge in [0.2, 0.25) is 35.4 Å². The van der Waals surface area contributed by atoms with Crippen LogP contribution in [0.4, 0.5) is 0 Å². The van der Waals surface area contributed by atoms with E-state index in [2.05, 4.69) is 31.9 Å². The molecule has 0 spiro atoms. The Morgan fingerprint density at radius 1 is 0.667 bits per heavy atom. The van der Waals surface area contributed by atoms with Gasteiger partial charge in [-0.1, -0.05) is 71.0 Å². The molecule has 0 aromatic heterocycles. The molecule has 19 heteroatoms. The smallest absolute Gasteiger partial charge is 0.305 e. The molecule has 1 rings (SSSR count). The fraction of sp³-hybridized carbons (Fsp3) is 0.561. The first-order valence-corrected chi connectivity index (χ1v) is 19.6. The number of aliphatic carboxylic acids is 3. The Kier molecular flexibility index (Phi) is 21.9. The van der Waals surface area contributed by atoms with Crippen molar-refractivity contribution in [3.63, 3.8) is 0 Å². The fourth-order valence-corrected chi connectivity index (χ4v) is 5.81. The van der Waals surface area contributed by atoms with E-state index in [1.54, 1.807) is 71.0 Å². The lowest BCUT2D eigenvalue weighted by Crippen LogP contribution is -2.62. The Hall–Kier alpha value is -6.14. The van der Waals surface area contributed by atoms with E-state index >= 15 is 0 Å². The minimum Gasteiger partial charge on any atom is -0.481 e. The van der Waals surface area contributed by atoms with Crippen LogP contribution in [0.15, 0.2) is 36.4 Å². The summed E-state index contributed by atoms with van der Waals surface area (Å²) >= 11 is 0. The average Bonchev–Trinajstić information content (AvgIpc) is 3.14. The van der Waals surface area contributed by atoms with Gasteiger partial charge >= 0.3 is 17.9 Å². The van der Waals surface area contributed by atoms with Crippen LogP contribution < -0.4 is 31.9 Å². The van der Waals surface area contributed by atoms with Gasteiger partial charge in [-0.15, -0.1) is 0 Å². The lowest BCUT2D eigenvalue weighted by Gasteiger charge is -2.33. The topological polar surface area (TPSA) is 304 Å². The normalized spacial score (nSPS) is 14.3. The lowest BCUT2D eigenvalue weighted by molar-refractivity contribution is -0.142. The van der Waals surface area contributed by atoms with Gasteiger partial charge in [0.25, 0.3) is 0 Å². The second kappa shape index (κ2) is 25.4. The standard InChI is InChI=1S/C41H60N6O13/c1-8-9-14-26(22-48)42-37(57)28(19-23(2)3)46-40(60)35(41(5,6)7)47-39(59)29(20-25-13-11-10-12-24(25)4)45-36(56)27(15-17-32(50)51)44-38(58)30(21-34(54)55)43-31(49)16-18-33(52)53/h8-13,22-23,26-30,35H,14-21H2,1-7H3,(H,42,57)(H,43,49)(H,44,58)(H,45,56)(H,46,60)(H,47,59)(H,50,51)(H,52,53)(H,54,55)/b9-8-/t26?,27-,28-,29-,30-,35+/m0/s1. The van der Waals surface area contributed by atoms with E-state index in [9.17, 15) is 58.2 Å². The number of amides is 6. The molecule has 332 valence electrons. The van der Waals surface area contributed by atoms with Crippen molar-refractivity contribution in [3.05, 3.63) is 47.5 Å². The quantitative estimate of drug-likeness (QED) is 0.0463. The van der Waals surface area contributed by atoms with Crippen LogP contribution in [0.1, 0.15) is 97.6 Å². The van der Waals surface area contributed by atoms with Crippen molar-refractivity contribution in [2.75, 3.05) is 0 Å². The van der Waals surface area contributed by atoms with E-state index in [1.165, 1.54) is 0 Å². The minimum absolute atomic E-state index is 0.0789. The van der Waals surface area contributed by atoms with E-state index in [1.807, 2.05) is 13.8 Å². The molecule has 1 aromatic rings. The Morgan fingerprint density at radius 2 is 1.22 bits per heavy atom. The highest BCUT2D eigenvalue weighted by Crippen LogP contribution is 2.21. The van der Waals surface area contributed by atoms with Gasteiger partial charge < -0.3 is 52.0 Å². The van der Waals surface area contributed by atoms with Gasteiger partial charge in [-0.25, -0.2) is 0 Å². The van der Waals surface area contributed by atoms with Crippen molar-refractivity contribution in [2.45, 2.75) is 136 Å². The van der Waals surface area contributed by atoms with E-state index in [0.29, 0.717) is 11.8 Å². The number of hydrogen-bond acceptors (Lipinski definition) is 10. The number of carboxylic acid groups (broad SMARTS) is 3. The summed E-state index contributed by atoms with van der Waals surface area (Å²) in [6.45, 7) is 12.2. The molecule has 0 aliphatic heterocycles. The molecular formula is C41H60N6O13. The predicted octanol–water partition coefficient (Wildman–Crippen LogP) is 0.908. The molecule has 9 N–H and O–H groups in total. The predicted molar refractivity (Wildman–Crippen MR) is 217 cm³/mol. The van der Waals surface area contributed by atoms with Crippen molar-refractivity contribution in [3.8, 4) is 0 Å². The molecule has 60 heavy (non-hydrogen) atoms. The first kappa shape index (κ1) is 51.9. The largest absolute Gasteiger partial charge is 0.481 e. The number of nitrogens with one attached hydrogen (secondary N) is 6. The number of rotatable bonds is 26. The van der Waals surface area contributed by atoms with Crippen molar-refractivity contribution >= 4 is 59.6 Å². The summed E-state index contributed by atoms with van der Waals surface area (Å²) < 4.78 is 0. The van der Waals surface area contributed by atoms with Crippen LogP contribution in [0.25, 0.3) is 0 Å². The summed E-state index contributed by atoms with van der Waals surface area (Å²) in [4.78, 5) is 127. The number of carbonyl (C=O) groups excluding carboxylic acids is 7. The molecule has 1 unspecified atom stereocenters. The van der Waals surface area contributed by atoms with Crippen molar-refractivity contribution in [2.24, 2.45) is 11.3 Å². The molecule has 6 atom stereocenters. The number of benzene rings is 1. The van der Waals surface area contributed by atoms with Gasteiger partial charge in [0.05, 0.1) is 18.9 Å². The maximum Gasteiger partial charge on any atom is 0.305 e. The van der Waals surface area contributed by atoms with Crippen LogP contribution in [0.2, 0.25) is 0 Å². The number of carbonyl (C=O) groups is 10. The summed E-state index contributed by atoms with van der Waals surface area (Å²) in [5.74, 6) is -9.73. The molecule has 19 nitrogen and oxygen atoms in total. The van der Waals surface area contributed by atoms with Crippen molar-refractivity contribution in [1.29, 1.82) is 0 Å². The molecule has 0 radical (unpaired) electrons. The van der Waals surface area contributed by atoms with Gasteiger partial charge in [-0.2, -0.15) is 0 Å². The second-order valence-corrected chi connectivity index (χ2v) is 15.9. The highest BCUT2D eigenvalue weighted by atomic mass is 16.4. The highest BCUT2D eigenvalue weighted by Gasteiger charge is 2.38. The molecule has 0 fully saturated rings. The van der Waals surface area contributed by atoms with E-state index in [4.69, 9.17) is 5.11 Å². The highest BCUT2D eigenvalue weighted by molar-refractivity contribution is 5.98. The summed E-state index contributed by atoms with van der Waals surface area (Å²) in [6.07, 6.45) is 0.902. The molecule has 0 aliphatic rings. The van der Waals surface area contributed by atoms with E-state index in [-0.39, 0.29) is 25.2 Å². The summed E-state index contributed by atoms with van der Waals surface area (Å²) in [7, 11) is 0. The van der Waals surface area contributed by atoms with Crippen LogP contribution >= 0.6 is 0 Å². The van der Waals surface area contributed by atoms with Crippen molar-refractivity contribution < 1.29 is 63.3 Å². The van der Waals surface area contributed by atoms with Crippen molar-refractivity contribution in [1.82, 2.24) is 31.9 Å². The van der Waals surface area contributed by atoms with Crippen LogP contribution in [0.5, 0.6) is 0 Å². The molecule has 0 aliphatic carbocycles. The molecule has 0 saturated carbocycles. The number of aryl methyl sites for hydroxylation is 1. The third-order valence-corrected chi connectivity index (χ3v) is 9.07. The molecule has 0 bridgehead atoms. The first-order valence-electron chi connectivity index (χ1n) is 19.6. The van der Waals surface area contributed by atoms with Gasteiger partial charge in [-0.3, -0.25) is 43.2 Å². The number of aldehydes is 1. The monoisotopic (exact) mass is 844 g/mol. The van der Waals surface area contributed by atoms with Gasteiger partial charge in [0.15, 0.2) is 0 Å². The third kappa shape index (κ3) is 19.5. The lowest BCUT2D eigenvalue weighted by atomic mass is 9.85. The zero-order valence-corrected chi connectivity index (χ0v) is 35.2. The van der Waals surface area contributed by atoms with Gasteiger partial charge in [0, 0.05) is 19.3 Å². The third-order valence-electron chi connectivity index (χ3n) is 9.07. The molecule has 0 heterocycles. The molecular weight excluding hydrogens is 784 g/mol. The van der Waals surface area contributed by atoms with E-state index in [0.717, 1.165) is 5.56 Å². The van der Waals surface area contributed by atoms with Crippen LogP contribution in [-0.2, 0) is 54.4 Å². The maximum atomic E-state index is 14.2. The molecule has 0 saturated heterocycles. The zero-order valence-electron chi connectivity index (χ0n) is 35.2. The van der Waals surface area contributed by atoms with Gasteiger partial charge in [0.1, 0.15) is 36.5 Å². The number of allylic oxidation sites excluding steroid dienone is 1. The molecule has 6 amide bonds. The Labute approximate surface area is 349 Å². The Morgan fingerprint density at radius 3 is 1.75 bits per heavy atom. The number of carboxylic acids is 3. The number of hydrogen-bond donors (Lipinski definition) is 9. The Bertz CT molecular complexity index is 1740.